The van der Waals surface area contributed by atoms with Gasteiger partial charge in [0.25, 0.3) is 0 Å². The Morgan fingerprint density at radius 3 is 2.71 bits per heavy atom. The van der Waals surface area contributed by atoms with Gasteiger partial charge in [0.2, 0.25) is 0 Å². The molecule has 0 fully saturated rings. The molecule has 0 spiro atoms. The van der Waals surface area contributed by atoms with Crippen LogP contribution in [0.3, 0.4) is 0 Å². The molecular formula is C4H8N2S. The van der Waals surface area contributed by atoms with E-state index in [0.717, 1.165) is 0 Å². The number of nitrogens with one attached hydrogen (secondary N) is 1. The Morgan fingerprint density at radius 2 is 2.57 bits per heavy atom. The molecule has 0 rings (SSSR count). The highest BCUT2D eigenvalue weighted by Crippen LogP contribution is 1.58. The van der Waals surface area contributed by atoms with Crippen LogP contribution in [-0.2, 0) is 0 Å². The number of hydrogen-bond donors (Lipinski definition) is 2. The largest absolute Gasteiger partial charge is 0.376 e. The van der Waals surface area contributed by atoms with E-state index >= 15 is 0 Å². The normalized spacial score (nSPS) is 7.43. The molecule has 0 amide bonds. The van der Waals surface area contributed by atoms with Gasteiger partial charge in [-0.05, 0) is 12.2 Å². The highest BCUT2D eigenvalue weighted by molar-refractivity contribution is 7.80. The summed E-state index contributed by atoms with van der Waals surface area (Å²) in [4.78, 5) is 0. The summed E-state index contributed by atoms with van der Waals surface area (Å²) < 4.78 is 0. The van der Waals surface area contributed by atoms with Crippen molar-refractivity contribution in [2.45, 2.75) is 0 Å². The van der Waals surface area contributed by atoms with E-state index in [9.17, 15) is 0 Å². The average molecular weight is 119 g/mol. The first-order chi connectivity index (χ1) is 3.27. The molecule has 7 heavy (non-hydrogen) atoms. The predicted molar refractivity (Wildman–Crippen MR) is 35.0 cm³/mol. The molecule has 2 nitrogen and oxygen atoms in total. The van der Waals surface area contributed by atoms with Gasteiger partial charge in [0, 0.05) is 6.54 Å². The molecule has 0 aromatic rings. The van der Waals surface area contributed by atoms with Gasteiger partial charge in [-0.1, -0.05) is 6.08 Å². The van der Waals surface area contributed by atoms with E-state index in [0.29, 0.717) is 11.7 Å². The second-order valence-electron chi connectivity index (χ2n) is 1.03. The molecule has 0 aliphatic heterocycles. The summed E-state index contributed by atoms with van der Waals surface area (Å²) in [5, 5.41) is 3.01. The van der Waals surface area contributed by atoms with E-state index in [4.69, 9.17) is 5.73 Å². The molecule has 3 heteroatoms. The highest BCUT2D eigenvalue weighted by Gasteiger charge is 1.76. The average Bonchev–Trinajstić information content (AvgIpc) is 1.61. The Balaban J connectivity index is 2.97. The van der Waals surface area contributed by atoms with E-state index in [2.05, 4.69) is 24.1 Å². The van der Waals surface area contributed by atoms with Gasteiger partial charge >= 0.3 is 0 Å². The van der Waals surface area contributed by atoms with Gasteiger partial charge in [-0.3, -0.25) is 0 Å². The van der Waals surface area contributed by atoms with Gasteiger partial charge < -0.3 is 11.1 Å². The molecule has 3 N–H and O–H groups in total. The van der Waals surface area contributed by atoms with Crippen LogP contribution < -0.4 is 11.1 Å². The van der Waals surface area contributed by atoms with Gasteiger partial charge in [0.05, 0.1) is 0 Å². The first kappa shape index (κ1) is 6.43. The summed E-state index contributed by atoms with van der Waals surface area (Å²) in [6, 6.07) is 0. The molecule has 0 aromatic heterocycles. The van der Waals surface area contributed by atoms with Gasteiger partial charge in [-0.25, -0.2) is 0 Å². The Kier molecular flexibility index (Phi) is 3.32. The molecule has 0 aliphatic rings. The van der Waals surface area contributed by atoms with E-state index < -0.39 is 0 Å². The van der Waals surface area contributed by atoms with E-state index in [1.54, 1.807) is 6.08 Å². The van der Waals surface area contributed by atoms with E-state index in [1.807, 2.05) is 0 Å². The monoisotopic (exact) mass is 119 g/mol. The fourth-order valence-electron chi connectivity index (χ4n) is 0.173. The van der Waals surface area contributed by atoms with Crippen LogP contribution in [0.1, 0.15) is 0 Å². The fraction of sp³-hybridized carbons (Fsp3) is 0.250. The van der Waals surface area contributed by atoms with Gasteiger partial charge in [0.15, 0.2) is 5.11 Å². The van der Waals surface area contributed by atoms with Crippen molar-refractivity contribution in [1.82, 2.24) is 5.32 Å². The van der Waals surface area contributed by atoms with Crippen LogP contribution in [0.5, 0.6) is 0 Å². The van der Waals surface area contributed by atoms with Crippen molar-refractivity contribution in [3.63, 3.8) is 0 Å². The minimum Gasteiger partial charge on any atom is -0.376 e. The Morgan fingerprint density at radius 1 is 2.00 bits per heavy atom. The third-order valence-electron chi connectivity index (χ3n) is 0.421. The Bertz CT molecular complexity index is 79.8. The second-order valence-corrected chi connectivity index (χ2v) is 1.47. The molecule has 40 valence electrons. The summed E-state index contributed by atoms with van der Waals surface area (Å²) in [5.74, 6) is 0. The molecule has 0 aliphatic carbocycles. The van der Waals surface area contributed by atoms with Crippen LogP contribution in [0.4, 0.5) is 0 Å². The quantitative estimate of drug-likeness (QED) is 0.397. The van der Waals surface area contributed by atoms with Crippen LogP contribution >= 0.6 is 12.2 Å². The molecule has 0 atom stereocenters. The number of hydrogen-bond acceptors (Lipinski definition) is 1. The van der Waals surface area contributed by atoms with Crippen molar-refractivity contribution in [2.24, 2.45) is 5.73 Å². The molecule has 0 aromatic carbocycles. The zero-order chi connectivity index (χ0) is 5.70. The van der Waals surface area contributed by atoms with Crippen molar-refractivity contribution in [3.05, 3.63) is 12.7 Å². The van der Waals surface area contributed by atoms with Crippen LogP contribution in [0.25, 0.3) is 0 Å². The minimum atomic E-state index is 0.319. The maximum Gasteiger partial charge on any atom is 0.163 e. The summed E-state index contributed by atoms with van der Waals surface area (Å²) in [6.07, 6.45) is 1.69. The van der Waals surface area contributed by atoms with E-state index in [1.165, 1.54) is 0 Å². The molecule has 0 radical (unpaired) electrons. The smallest absolute Gasteiger partial charge is 0.163 e. The zero-order valence-electron chi connectivity index (χ0n) is 3.98. The lowest BCUT2D eigenvalue weighted by Gasteiger charge is -1.94. The predicted octanol–water partition coefficient (Wildman–Crippen LogP) is 0.00560. The number of rotatable bonds is 2. The fourth-order valence-corrected chi connectivity index (χ4v) is 0.256. The van der Waals surface area contributed by atoms with Crippen molar-refractivity contribution >= 4 is 17.3 Å². The van der Waals surface area contributed by atoms with Crippen LogP contribution in [0, 0.1) is 0 Å². The van der Waals surface area contributed by atoms with Crippen molar-refractivity contribution < 1.29 is 0 Å². The maximum atomic E-state index is 5.05. The van der Waals surface area contributed by atoms with Gasteiger partial charge in [-0.15, -0.1) is 6.58 Å². The topological polar surface area (TPSA) is 38.0 Å². The highest BCUT2D eigenvalue weighted by atomic mass is 35.0. The Labute approximate surface area is 48.4 Å². The molecule has 0 bridgehead atoms. The Hall–Kier alpha value is -0.570. The lowest BCUT2D eigenvalue weighted by molar-refractivity contribution is 1.05. The summed E-state index contributed by atoms with van der Waals surface area (Å²) >= 11 is 4.48. The van der Waals surface area contributed by atoms with Crippen molar-refractivity contribution in [2.75, 3.05) is 6.54 Å². The third-order valence-corrected chi connectivity index (χ3v) is 0.565. The molecular weight excluding hydrogens is 111 g/mol. The lowest BCUT2D eigenvalue weighted by Crippen LogP contribution is -2.28. The van der Waals surface area contributed by atoms with E-state index in [-0.39, 0.29) is 0 Å². The summed E-state index contributed by atoms with van der Waals surface area (Å²) in [5.41, 5.74) is 5.05. The lowest BCUT2D eigenvalue weighted by atomic mass is 10.6. The SMILES string of the molecule is C=CCNC(N)=[35S]. The zero-order valence-corrected chi connectivity index (χ0v) is 4.79. The first-order valence-corrected chi connectivity index (χ1v) is 2.32. The summed E-state index contributed by atoms with van der Waals surface area (Å²) in [7, 11) is 0. The first-order valence-electron chi connectivity index (χ1n) is 1.91. The maximum absolute atomic E-state index is 5.05. The minimum absolute atomic E-state index is 0.319. The summed E-state index contributed by atoms with van der Waals surface area (Å²) in [6.45, 7) is 4.10. The number of nitrogens with two attached hydrogens (primary N) is 1. The van der Waals surface area contributed by atoms with Gasteiger partial charge in [0.1, 0.15) is 0 Å². The van der Waals surface area contributed by atoms with Crippen molar-refractivity contribution in [1.29, 1.82) is 0 Å². The van der Waals surface area contributed by atoms with Crippen LogP contribution in [0.15, 0.2) is 12.7 Å². The third kappa shape index (κ3) is 5.43. The molecule has 0 unspecified atom stereocenters. The van der Waals surface area contributed by atoms with Crippen LogP contribution in [-0.4, -0.2) is 11.7 Å². The molecule has 0 saturated carbocycles. The molecule has 0 saturated heterocycles. The van der Waals surface area contributed by atoms with Crippen LogP contribution in [0.2, 0.25) is 0 Å². The van der Waals surface area contributed by atoms with Crippen molar-refractivity contribution in [3.8, 4) is 0 Å². The molecule has 0 heterocycles. The second kappa shape index (κ2) is 3.61. The number of thiocarbonyl (C=S) groups is 1. The van der Waals surface area contributed by atoms with Gasteiger partial charge in [-0.2, -0.15) is 0 Å². The standard InChI is InChI=1S/C4H8N2S/c1-2-3-6-4(5)7/h2H,1,3H2,(H3,5,6,7)/i7+3.